The number of amides is 2. The van der Waals surface area contributed by atoms with Crippen LogP contribution in [0.2, 0.25) is 0 Å². The monoisotopic (exact) mass is 361 g/mol. The van der Waals surface area contributed by atoms with E-state index in [1.807, 2.05) is 20.8 Å². The molecule has 2 amide bonds. The minimum absolute atomic E-state index is 0.0589. The van der Waals surface area contributed by atoms with Crippen molar-refractivity contribution in [3.8, 4) is 5.75 Å². The van der Waals surface area contributed by atoms with E-state index in [9.17, 15) is 9.59 Å². The van der Waals surface area contributed by atoms with Gasteiger partial charge in [-0.2, -0.15) is 0 Å². The summed E-state index contributed by atoms with van der Waals surface area (Å²) in [5.74, 6) is 0.370. The van der Waals surface area contributed by atoms with Gasteiger partial charge in [0.05, 0.1) is 12.2 Å². The van der Waals surface area contributed by atoms with E-state index < -0.39 is 0 Å². The van der Waals surface area contributed by atoms with Crippen molar-refractivity contribution in [2.75, 3.05) is 17.2 Å². The number of carbonyl (C=O) groups is 2. The Kier molecular flexibility index (Phi) is 6.94. The highest BCUT2D eigenvalue weighted by molar-refractivity contribution is 7.13. The van der Waals surface area contributed by atoms with Gasteiger partial charge in [0.1, 0.15) is 5.75 Å². The van der Waals surface area contributed by atoms with Gasteiger partial charge < -0.3 is 10.1 Å². The fraction of sp³-hybridized carbons (Fsp3) is 0.389. The van der Waals surface area contributed by atoms with Gasteiger partial charge in [-0.15, -0.1) is 11.3 Å². The van der Waals surface area contributed by atoms with Crippen LogP contribution in [0.5, 0.6) is 5.75 Å². The smallest absolute Gasteiger partial charge is 0.261 e. The van der Waals surface area contributed by atoms with Crippen LogP contribution in [0.25, 0.3) is 0 Å². The zero-order chi connectivity index (χ0) is 18.2. The zero-order valence-corrected chi connectivity index (χ0v) is 15.5. The number of rotatable bonds is 8. The molecule has 0 saturated heterocycles. The van der Waals surface area contributed by atoms with E-state index in [-0.39, 0.29) is 17.7 Å². The topological polar surface area (TPSA) is 80.3 Å². The first-order valence-corrected chi connectivity index (χ1v) is 9.15. The molecule has 1 heterocycles. The van der Waals surface area contributed by atoms with E-state index in [0.29, 0.717) is 35.2 Å². The maximum atomic E-state index is 12.5. The lowest BCUT2D eigenvalue weighted by Gasteiger charge is -2.13. The summed E-state index contributed by atoms with van der Waals surface area (Å²) in [6.07, 6.45) is 2.89. The summed E-state index contributed by atoms with van der Waals surface area (Å²) in [7, 11) is 0. The van der Waals surface area contributed by atoms with Crippen molar-refractivity contribution in [3.05, 3.63) is 35.3 Å². The Bertz CT molecular complexity index is 714. The molecule has 6 nitrogen and oxygen atoms in total. The minimum Gasteiger partial charge on any atom is -0.493 e. The molecule has 0 spiro atoms. The molecule has 0 atom stereocenters. The Labute approximate surface area is 151 Å². The maximum Gasteiger partial charge on any atom is 0.261 e. The lowest BCUT2D eigenvalue weighted by Crippen LogP contribution is -2.16. The molecule has 0 radical (unpaired) electrons. The van der Waals surface area contributed by atoms with Crippen molar-refractivity contribution in [1.82, 2.24) is 4.98 Å². The van der Waals surface area contributed by atoms with Crippen molar-refractivity contribution in [3.63, 3.8) is 0 Å². The third-order valence-electron chi connectivity index (χ3n) is 3.22. The van der Waals surface area contributed by atoms with Crippen LogP contribution in [0.4, 0.5) is 10.8 Å². The van der Waals surface area contributed by atoms with E-state index in [1.165, 1.54) is 11.3 Å². The quantitative estimate of drug-likeness (QED) is 0.739. The number of ether oxygens (including phenoxy) is 1. The van der Waals surface area contributed by atoms with Gasteiger partial charge >= 0.3 is 0 Å². The zero-order valence-electron chi connectivity index (χ0n) is 14.7. The molecule has 2 rings (SSSR count). The Morgan fingerprint density at radius 2 is 2.08 bits per heavy atom. The first-order chi connectivity index (χ1) is 12.0. The normalized spacial score (nSPS) is 10.6. The van der Waals surface area contributed by atoms with Crippen molar-refractivity contribution in [1.29, 1.82) is 0 Å². The Morgan fingerprint density at radius 1 is 1.28 bits per heavy atom. The highest BCUT2D eigenvalue weighted by atomic mass is 32.1. The maximum absolute atomic E-state index is 12.5. The van der Waals surface area contributed by atoms with E-state index in [1.54, 1.807) is 29.8 Å². The first kappa shape index (κ1) is 18.9. The van der Waals surface area contributed by atoms with Crippen LogP contribution in [0, 0.1) is 5.92 Å². The van der Waals surface area contributed by atoms with Crippen molar-refractivity contribution < 1.29 is 14.3 Å². The van der Waals surface area contributed by atoms with Crippen LogP contribution >= 0.6 is 11.3 Å². The molecule has 0 aliphatic carbocycles. The Balaban J connectivity index is 2.17. The molecule has 2 aromatic rings. The third-order valence-corrected chi connectivity index (χ3v) is 3.91. The predicted octanol–water partition coefficient (Wildman–Crippen LogP) is 4.17. The molecule has 0 aliphatic rings. The molecule has 2 N–H and O–H groups in total. The summed E-state index contributed by atoms with van der Waals surface area (Å²) in [6, 6.07) is 5.04. The molecule has 0 fully saturated rings. The van der Waals surface area contributed by atoms with E-state index in [0.717, 1.165) is 6.42 Å². The second kappa shape index (κ2) is 9.17. The third kappa shape index (κ3) is 5.86. The van der Waals surface area contributed by atoms with Gasteiger partial charge in [0.15, 0.2) is 5.13 Å². The summed E-state index contributed by atoms with van der Waals surface area (Å²) in [5, 5.41) is 7.90. The predicted molar refractivity (Wildman–Crippen MR) is 100 cm³/mol. The Morgan fingerprint density at radius 3 is 2.72 bits per heavy atom. The van der Waals surface area contributed by atoms with Gasteiger partial charge in [-0.1, -0.05) is 20.8 Å². The van der Waals surface area contributed by atoms with Crippen LogP contribution in [0.15, 0.2) is 29.8 Å². The highest BCUT2D eigenvalue weighted by Crippen LogP contribution is 2.25. The summed E-state index contributed by atoms with van der Waals surface area (Å²) in [4.78, 5) is 28.5. The molecule has 0 saturated carbocycles. The number of aromatic nitrogens is 1. The minimum atomic E-state index is -0.291. The summed E-state index contributed by atoms with van der Waals surface area (Å²) < 4.78 is 5.70. The van der Waals surface area contributed by atoms with Gasteiger partial charge in [0, 0.05) is 29.8 Å². The van der Waals surface area contributed by atoms with Gasteiger partial charge in [0.25, 0.3) is 5.91 Å². The number of hydrogen-bond acceptors (Lipinski definition) is 5. The van der Waals surface area contributed by atoms with Crippen LogP contribution in [0.1, 0.15) is 44.0 Å². The summed E-state index contributed by atoms with van der Waals surface area (Å²) >= 11 is 1.35. The van der Waals surface area contributed by atoms with Crippen molar-refractivity contribution in [2.24, 2.45) is 5.92 Å². The molecule has 1 aromatic carbocycles. The second-order valence-corrected chi connectivity index (χ2v) is 6.89. The lowest BCUT2D eigenvalue weighted by molar-refractivity contribution is -0.116. The molecular formula is C18H23N3O3S. The number of benzene rings is 1. The average Bonchev–Trinajstić information content (AvgIpc) is 3.05. The van der Waals surface area contributed by atoms with Crippen LogP contribution < -0.4 is 15.4 Å². The molecule has 134 valence electrons. The highest BCUT2D eigenvalue weighted by Gasteiger charge is 2.16. The molecule has 7 heteroatoms. The molecule has 1 aromatic heterocycles. The number of anilines is 2. The summed E-state index contributed by atoms with van der Waals surface area (Å²) in [6.45, 7) is 6.45. The number of nitrogens with one attached hydrogen (secondary N) is 2. The Hall–Kier alpha value is -2.41. The lowest BCUT2D eigenvalue weighted by atomic mass is 10.1. The van der Waals surface area contributed by atoms with Crippen molar-refractivity contribution in [2.45, 2.75) is 33.6 Å². The van der Waals surface area contributed by atoms with Gasteiger partial charge in [0.2, 0.25) is 5.91 Å². The first-order valence-electron chi connectivity index (χ1n) is 8.27. The number of carbonyl (C=O) groups excluding carboxylic acids is 2. The van der Waals surface area contributed by atoms with Gasteiger partial charge in [-0.05, 0) is 24.5 Å². The molecule has 0 unspecified atom stereocenters. The average molecular weight is 361 g/mol. The van der Waals surface area contributed by atoms with E-state index >= 15 is 0 Å². The van der Waals surface area contributed by atoms with E-state index in [2.05, 4.69) is 15.6 Å². The standard InChI is InChI=1S/C18H23N3O3S/c1-4-8-24-15-11-13(20-16(22)10-12(2)3)5-6-14(15)17(23)21-18-19-7-9-25-18/h5-7,9,11-12H,4,8,10H2,1-3H3,(H,20,22)(H,19,21,23). The fourth-order valence-corrected chi connectivity index (χ4v) is 2.68. The van der Waals surface area contributed by atoms with Crippen LogP contribution in [0.3, 0.4) is 0 Å². The van der Waals surface area contributed by atoms with E-state index in [4.69, 9.17) is 4.74 Å². The summed E-state index contributed by atoms with van der Waals surface area (Å²) in [5.41, 5.74) is 1.02. The second-order valence-electron chi connectivity index (χ2n) is 6.00. The number of nitrogens with zero attached hydrogens (tertiary/aromatic N) is 1. The largest absolute Gasteiger partial charge is 0.493 e. The SMILES string of the molecule is CCCOc1cc(NC(=O)CC(C)C)ccc1C(=O)Nc1nccs1. The fourth-order valence-electron chi connectivity index (χ4n) is 2.15. The van der Waals surface area contributed by atoms with Crippen LogP contribution in [-0.2, 0) is 4.79 Å². The van der Waals surface area contributed by atoms with Crippen molar-refractivity contribution >= 4 is 34.0 Å². The molecule has 25 heavy (non-hydrogen) atoms. The van der Waals surface area contributed by atoms with Gasteiger partial charge in [-0.25, -0.2) is 4.98 Å². The number of thiazole rings is 1. The van der Waals surface area contributed by atoms with Crippen LogP contribution in [-0.4, -0.2) is 23.4 Å². The molecular weight excluding hydrogens is 338 g/mol. The number of hydrogen-bond donors (Lipinski definition) is 2. The molecule has 0 bridgehead atoms. The molecule has 0 aliphatic heterocycles. The van der Waals surface area contributed by atoms with Gasteiger partial charge in [-0.3, -0.25) is 14.9 Å².